The summed E-state index contributed by atoms with van der Waals surface area (Å²) in [6.45, 7) is 0.528. The van der Waals surface area contributed by atoms with E-state index in [2.05, 4.69) is 0 Å². The van der Waals surface area contributed by atoms with Gasteiger partial charge in [0.15, 0.2) is 0 Å². The van der Waals surface area contributed by atoms with Gasteiger partial charge in [-0.3, -0.25) is 4.79 Å². The van der Waals surface area contributed by atoms with Gasteiger partial charge in [-0.05, 0) is 25.0 Å². The van der Waals surface area contributed by atoms with Gasteiger partial charge in [0.2, 0.25) is 0 Å². The lowest BCUT2D eigenvalue weighted by Crippen LogP contribution is -2.42. The topological polar surface area (TPSA) is 66.6 Å². The number of nitrogens with two attached hydrogens (primary N) is 1. The van der Waals surface area contributed by atoms with Gasteiger partial charge in [0, 0.05) is 13.1 Å². The molecular weight excluding hydrogens is 273 g/mol. The fraction of sp³-hybridized carbons (Fsp3) is 0.462. The zero-order valence-corrected chi connectivity index (χ0v) is 10.7. The van der Waals surface area contributed by atoms with Crippen LogP contribution in [-0.4, -0.2) is 35.1 Å². The number of benzene rings is 1. The summed E-state index contributed by atoms with van der Waals surface area (Å²) in [5.41, 5.74) is 3.73. The van der Waals surface area contributed by atoms with E-state index in [1.54, 1.807) is 0 Å². The Kier molecular flexibility index (Phi) is 3.89. The smallest absolute Gasteiger partial charge is 0.398 e. The molecule has 0 aromatic heterocycles. The van der Waals surface area contributed by atoms with Crippen LogP contribution in [0.5, 0.6) is 0 Å². The molecule has 110 valence electrons. The van der Waals surface area contributed by atoms with Crippen LogP contribution < -0.4 is 5.73 Å². The second-order valence-electron chi connectivity index (χ2n) is 4.81. The summed E-state index contributed by atoms with van der Waals surface area (Å²) in [6, 6.07) is 3.28. The summed E-state index contributed by atoms with van der Waals surface area (Å²) in [5, 5.41) is 9.52. The maximum absolute atomic E-state index is 12.8. The molecule has 0 bridgehead atoms. The number of carbonyl (C=O) groups excluding carboxylic acids is 1. The number of nitrogens with zero attached hydrogens (tertiary/aromatic N) is 1. The highest BCUT2D eigenvalue weighted by atomic mass is 19.4. The second-order valence-corrected chi connectivity index (χ2v) is 4.81. The number of carbonyl (C=O) groups is 1. The maximum Gasteiger partial charge on any atom is 0.418 e. The molecule has 0 aliphatic carbocycles. The summed E-state index contributed by atoms with van der Waals surface area (Å²) >= 11 is 0. The van der Waals surface area contributed by atoms with Crippen LogP contribution in [-0.2, 0) is 6.18 Å². The highest BCUT2D eigenvalue weighted by Crippen LogP contribution is 2.35. The molecule has 20 heavy (non-hydrogen) atoms. The molecule has 7 heteroatoms. The zero-order valence-electron chi connectivity index (χ0n) is 10.7. The maximum atomic E-state index is 12.8. The molecule has 1 fully saturated rings. The van der Waals surface area contributed by atoms with E-state index in [9.17, 15) is 23.1 Å². The molecule has 2 rings (SSSR count). The molecule has 1 amide bonds. The van der Waals surface area contributed by atoms with Gasteiger partial charge < -0.3 is 15.7 Å². The van der Waals surface area contributed by atoms with E-state index < -0.39 is 29.4 Å². The third kappa shape index (κ3) is 2.87. The van der Waals surface area contributed by atoms with Crippen molar-refractivity contribution >= 4 is 11.6 Å². The van der Waals surface area contributed by atoms with E-state index in [1.165, 1.54) is 11.0 Å². The number of hydrogen-bond donors (Lipinski definition) is 2. The monoisotopic (exact) mass is 288 g/mol. The summed E-state index contributed by atoms with van der Waals surface area (Å²) in [4.78, 5) is 13.5. The number of hydrogen-bond acceptors (Lipinski definition) is 3. The fourth-order valence-electron chi connectivity index (χ4n) is 2.31. The van der Waals surface area contributed by atoms with Gasteiger partial charge in [-0.25, -0.2) is 0 Å². The van der Waals surface area contributed by atoms with Crippen molar-refractivity contribution in [3.8, 4) is 0 Å². The number of rotatable bonds is 1. The van der Waals surface area contributed by atoms with E-state index in [1.807, 2.05) is 0 Å². The molecule has 0 spiro atoms. The van der Waals surface area contributed by atoms with E-state index in [0.717, 1.165) is 12.1 Å². The minimum atomic E-state index is -4.60. The average Bonchev–Trinajstić information content (AvgIpc) is 2.37. The van der Waals surface area contributed by atoms with Crippen LogP contribution in [0.4, 0.5) is 18.9 Å². The number of anilines is 1. The molecule has 1 aromatic rings. The largest absolute Gasteiger partial charge is 0.418 e. The minimum absolute atomic E-state index is 0.120. The van der Waals surface area contributed by atoms with Gasteiger partial charge in [-0.1, -0.05) is 6.07 Å². The first-order valence-corrected chi connectivity index (χ1v) is 6.23. The molecule has 1 saturated heterocycles. The number of likely N-dealkylation sites (tertiary alicyclic amines) is 1. The molecule has 1 atom stereocenters. The summed E-state index contributed by atoms with van der Waals surface area (Å²) < 4.78 is 38.3. The Morgan fingerprint density at radius 2 is 2.10 bits per heavy atom. The predicted molar refractivity (Wildman–Crippen MR) is 67.0 cm³/mol. The van der Waals surface area contributed by atoms with Crippen molar-refractivity contribution in [3.05, 3.63) is 29.3 Å². The molecule has 1 aliphatic rings. The SMILES string of the molecule is Nc1c(C(=O)N2CCCC(O)C2)cccc1C(F)(F)F. The van der Waals surface area contributed by atoms with Gasteiger partial charge >= 0.3 is 6.18 Å². The van der Waals surface area contributed by atoms with Crippen LogP contribution in [0.25, 0.3) is 0 Å². The van der Waals surface area contributed by atoms with Crippen molar-refractivity contribution in [1.29, 1.82) is 0 Å². The van der Waals surface area contributed by atoms with Crippen molar-refractivity contribution in [2.75, 3.05) is 18.8 Å². The quantitative estimate of drug-likeness (QED) is 0.775. The Hall–Kier alpha value is -1.76. The lowest BCUT2D eigenvalue weighted by Gasteiger charge is -2.30. The van der Waals surface area contributed by atoms with Crippen molar-refractivity contribution < 1.29 is 23.1 Å². The third-order valence-corrected chi connectivity index (χ3v) is 3.33. The van der Waals surface area contributed by atoms with Crippen molar-refractivity contribution in [1.82, 2.24) is 4.90 Å². The Bertz CT molecular complexity index is 517. The highest BCUT2D eigenvalue weighted by molar-refractivity contribution is 5.99. The number of piperidine rings is 1. The molecule has 1 unspecified atom stereocenters. The van der Waals surface area contributed by atoms with Gasteiger partial charge in [-0.2, -0.15) is 13.2 Å². The van der Waals surface area contributed by atoms with Gasteiger partial charge in [0.25, 0.3) is 5.91 Å². The lowest BCUT2D eigenvalue weighted by molar-refractivity contribution is -0.136. The number of β-amino-alcohol motifs (C(OH)–C–C–N with tert-alkyl or cyclic N) is 1. The number of aliphatic hydroxyl groups excluding tert-OH is 1. The third-order valence-electron chi connectivity index (χ3n) is 3.33. The summed E-state index contributed by atoms with van der Waals surface area (Å²) in [6.07, 6.45) is -4.03. The van der Waals surface area contributed by atoms with Crippen molar-refractivity contribution in [2.45, 2.75) is 25.1 Å². The number of aliphatic hydroxyl groups is 1. The first kappa shape index (κ1) is 14.6. The molecule has 1 aliphatic heterocycles. The van der Waals surface area contributed by atoms with Crippen LogP contribution in [0.15, 0.2) is 18.2 Å². The average molecular weight is 288 g/mol. The predicted octanol–water partition coefficient (Wildman–Crippen LogP) is 1.88. The van der Waals surface area contributed by atoms with Gasteiger partial charge in [0.1, 0.15) is 0 Å². The van der Waals surface area contributed by atoms with Crippen molar-refractivity contribution in [2.24, 2.45) is 0 Å². The van der Waals surface area contributed by atoms with Crippen molar-refractivity contribution in [3.63, 3.8) is 0 Å². The van der Waals surface area contributed by atoms with Crippen LogP contribution in [0.3, 0.4) is 0 Å². The number of para-hydroxylation sites is 1. The lowest BCUT2D eigenvalue weighted by atomic mass is 10.0. The molecule has 0 radical (unpaired) electrons. The Morgan fingerprint density at radius 1 is 1.40 bits per heavy atom. The number of alkyl halides is 3. The molecule has 1 aromatic carbocycles. The Labute approximate surface area is 114 Å². The standard InChI is InChI=1S/C13H15F3N2O2/c14-13(15,16)10-5-1-4-9(11(10)17)12(20)18-6-2-3-8(19)7-18/h1,4-5,8,19H,2-3,6-7,17H2. The van der Waals surface area contributed by atoms with E-state index in [0.29, 0.717) is 19.4 Å². The van der Waals surface area contributed by atoms with Crippen LogP contribution >= 0.6 is 0 Å². The minimum Gasteiger partial charge on any atom is -0.398 e. The highest BCUT2D eigenvalue weighted by Gasteiger charge is 2.35. The van der Waals surface area contributed by atoms with E-state index in [-0.39, 0.29) is 12.1 Å². The molecule has 3 N–H and O–H groups in total. The molecule has 1 heterocycles. The Balaban J connectivity index is 2.31. The summed E-state index contributed by atoms with van der Waals surface area (Å²) in [7, 11) is 0. The Morgan fingerprint density at radius 3 is 2.70 bits per heavy atom. The number of nitrogen functional groups attached to an aromatic ring is 1. The number of halogens is 3. The van der Waals surface area contributed by atoms with E-state index in [4.69, 9.17) is 5.73 Å². The van der Waals surface area contributed by atoms with Crippen LogP contribution in [0, 0.1) is 0 Å². The first-order chi connectivity index (χ1) is 9.30. The van der Waals surface area contributed by atoms with E-state index >= 15 is 0 Å². The van der Waals surface area contributed by atoms with Gasteiger partial charge in [0.05, 0.1) is 22.9 Å². The molecular formula is C13H15F3N2O2. The zero-order chi connectivity index (χ0) is 14.9. The van der Waals surface area contributed by atoms with Crippen LogP contribution in [0.1, 0.15) is 28.8 Å². The molecule has 0 saturated carbocycles. The summed E-state index contributed by atoms with van der Waals surface area (Å²) in [5.74, 6) is -0.577. The van der Waals surface area contributed by atoms with Crippen LogP contribution in [0.2, 0.25) is 0 Å². The molecule has 4 nitrogen and oxygen atoms in total. The fourth-order valence-corrected chi connectivity index (χ4v) is 2.31. The number of amides is 1. The van der Waals surface area contributed by atoms with Gasteiger partial charge in [-0.15, -0.1) is 0 Å². The first-order valence-electron chi connectivity index (χ1n) is 6.23. The normalized spacial score (nSPS) is 20.0. The second kappa shape index (κ2) is 5.32.